The molecule has 116 valence electrons. The fraction of sp³-hybridized carbons (Fsp3) is 0.500. The van der Waals surface area contributed by atoms with Crippen molar-refractivity contribution in [2.75, 3.05) is 18.5 Å². The standard InChI is InChI=1S/C14H20N2O4S/c1-11(18)15-12-5-7-14(8-6-12)21(19,20)16(9-10-17)13-3-2-4-13/h5-8,13,17H,2-4,9-10H2,1H3,(H,15,18). The summed E-state index contributed by atoms with van der Waals surface area (Å²) in [5, 5.41) is 11.7. The quantitative estimate of drug-likeness (QED) is 0.826. The van der Waals surface area contributed by atoms with Crippen molar-refractivity contribution in [1.29, 1.82) is 0 Å². The maximum absolute atomic E-state index is 12.6. The predicted molar refractivity (Wildman–Crippen MR) is 79.4 cm³/mol. The molecule has 0 unspecified atom stereocenters. The summed E-state index contributed by atoms with van der Waals surface area (Å²) in [7, 11) is -3.61. The molecule has 0 heterocycles. The van der Waals surface area contributed by atoms with Gasteiger partial charge in [0.1, 0.15) is 0 Å². The average molecular weight is 312 g/mol. The third-order valence-corrected chi connectivity index (χ3v) is 5.55. The Morgan fingerprint density at radius 3 is 2.38 bits per heavy atom. The van der Waals surface area contributed by atoms with Crippen LogP contribution in [0.25, 0.3) is 0 Å². The van der Waals surface area contributed by atoms with Crippen LogP contribution in [0.1, 0.15) is 26.2 Å². The van der Waals surface area contributed by atoms with Gasteiger partial charge < -0.3 is 10.4 Å². The van der Waals surface area contributed by atoms with Crippen molar-refractivity contribution in [3.05, 3.63) is 24.3 Å². The summed E-state index contributed by atoms with van der Waals surface area (Å²) >= 11 is 0. The lowest BCUT2D eigenvalue weighted by Gasteiger charge is -2.36. The molecule has 1 aromatic rings. The normalized spacial score (nSPS) is 15.8. The Labute approximate surface area is 124 Å². The fourth-order valence-electron chi connectivity index (χ4n) is 2.32. The molecule has 1 saturated carbocycles. The number of anilines is 1. The average Bonchev–Trinajstić information content (AvgIpc) is 2.36. The van der Waals surface area contributed by atoms with E-state index in [0.29, 0.717) is 5.69 Å². The second-order valence-corrected chi connectivity index (χ2v) is 7.02. The van der Waals surface area contributed by atoms with Crippen molar-refractivity contribution in [3.63, 3.8) is 0 Å². The van der Waals surface area contributed by atoms with E-state index < -0.39 is 10.0 Å². The van der Waals surface area contributed by atoms with Crippen LogP contribution in [0.4, 0.5) is 5.69 Å². The number of aliphatic hydroxyl groups is 1. The Balaban J connectivity index is 2.22. The SMILES string of the molecule is CC(=O)Nc1ccc(S(=O)(=O)N(CCO)C2CCC2)cc1. The highest BCUT2D eigenvalue weighted by atomic mass is 32.2. The fourth-order valence-corrected chi connectivity index (χ4v) is 4.00. The molecule has 1 amide bonds. The van der Waals surface area contributed by atoms with Crippen LogP contribution in [0.5, 0.6) is 0 Å². The van der Waals surface area contributed by atoms with E-state index in [9.17, 15) is 13.2 Å². The minimum absolute atomic E-state index is 0.0165. The van der Waals surface area contributed by atoms with Gasteiger partial charge >= 0.3 is 0 Å². The molecule has 0 aromatic heterocycles. The largest absolute Gasteiger partial charge is 0.395 e. The van der Waals surface area contributed by atoms with Gasteiger partial charge in [-0.05, 0) is 37.1 Å². The number of sulfonamides is 1. The second kappa shape index (κ2) is 6.55. The van der Waals surface area contributed by atoms with E-state index in [1.165, 1.54) is 23.4 Å². The molecule has 1 aliphatic rings. The number of rotatable bonds is 6. The number of carbonyl (C=O) groups is 1. The molecule has 0 aliphatic heterocycles. The van der Waals surface area contributed by atoms with Crippen LogP contribution >= 0.6 is 0 Å². The number of benzene rings is 1. The summed E-state index contributed by atoms with van der Waals surface area (Å²) in [5.41, 5.74) is 0.554. The van der Waals surface area contributed by atoms with Gasteiger partial charge in [-0.15, -0.1) is 0 Å². The first kappa shape index (κ1) is 15.9. The van der Waals surface area contributed by atoms with E-state index in [1.807, 2.05) is 0 Å². The Morgan fingerprint density at radius 1 is 1.33 bits per heavy atom. The van der Waals surface area contributed by atoms with Crippen molar-refractivity contribution in [2.45, 2.75) is 37.1 Å². The van der Waals surface area contributed by atoms with Crippen LogP contribution in [0.2, 0.25) is 0 Å². The van der Waals surface area contributed by atoms with Crippen LogP contribution in [-0.2, 0) is 14.8 Å². The third-order valence-electron chi connectivity index (χ3n) is 3.58. The molecule has 2 rings (SSSR count). The van der Waals surface area contributed by atoms with Crippen molar-refractivity contribution >= 4 is 21.6 Å². The maximum atomic E-state index is 12.6. The zero-order chi connectivity index (χ0) is 15.5. The summed E-state index contributed by atoms with van der Waals surface area (Å²) < 4.78 is 26.6. The van der Waals surface area contributed by atoms with Crippen molar-refractivity contribution in [1.82, 2.24) is 4.31 Å². The van der Waals surface area contributed by atoms with Crippen LogP contribution in [0.3, 0.4) is 0 Å². The number of hydrogen-bond acceptors (Lipinski definition) is 4. The Kier molecular flexibility index (Phi) is 4.97. The summed E-state index contributed by atoms with van der Waals surface area (Å²) in [6.07, 6.45) is 2.69. The number of nitrogens with zero attached hydrogens (tertiary/aromatic N) is 1. The number of aliphatic hydroxyl groups excluding tert-OH is 1. The molecule has 7 heteroatoms. The van der Waals surface area contributed by atoms with Gasteiger partial charge in [-0.1, -0.05) is 6.42 Å². The van der Waals surface area contributed by atoms with E-state index in [1.54, 1.807) is 12.1 Å². The number of hydrogen-bond donors (Lipinski definition) is 2. The van der Waals surface area contributed by atoms with Crippen molar-refractivity contribution in [2.24, 2.45) is 0 Å². The summed E-state index contributed by atoms with van der Waals surface area (Å²) in [4.78, 5) is 11.1. The molecule has 1 aromatic carbocycles. The molecule has 21 heavy (non-hydrogen) atoms. The highest BCUT2D eigenvalue weighted by molar-refractivity contribution is 7.89. The first-order valence-electron chi connectivity index (χ1n) is 6.95. The van der Waals surface area contributed by atoms with Crippen LogP contribution in [-0.4, -0.2) is 42.9 Å². The lowest BCUT2D eigenvalue weighted by Crippen LogP contribution is -2.45. The van der Waals surface area contributed by atoms with Crippen LogP contribution < -0.4 is 5.32 Å². The predicted octanol–water partition coefficient (Wildman–Crippen LogP) is 1.18. The molecule has 2 N–H and O–H groups in total. The number of carbonyl (C=O) groups excluding carboxylic acids is 1. The van der Waals surface area contributed by atoms with Gasteiger partial charge in [0.2, 0.25) is 15.9 Å². The molecule has 0 atom stereocenters. The van der Waals surface area contributed by atoms with Crippen LogP contribution in [0, 0.1) is 0 Å². The molecular weight excluding hydrogens is 292 g/mol. The molecule has 0 radical (unpaired) electrons. The number of amides is 1. The first-order valence-corrected chi connectivity index (χ1v) is 8.39. The molecular formula is C14H20N2O4S. The van der Waals surface area contributed by atoms with Gasteiger partial charge in [0.05, 0.1) is 11.5 Å². The molecule has 6 nitrogen and oxygen atoms in total. The molecule has 1 fully saturated rings. The van der Waals surface area contributed by atoms with Crippen LogP contribution in [0.15, 0.2) is 29.2 Å². The minimum Gasteiger partial charge on any atom is -0.395 e. The smallest absolute Gasteiger partial charge is 0.243 e. The van der Waals surface area contributed by atoms with E-state index >= 15 is 0 Å². The van der Waals surface area contributed by atoms with Gasteiger partial charge in [-0.2, -0.15) is 4.31 Å². The molecule has 0 spiro atoms. The Hall–Kier alpha value is -1.44. The van der Waals surface area contributed by atoms with E-state index in [4.69, 9.17) is 5.11 Å². The van der Waals surface area contributed by atoms with Crippen molar-refractivity contribution in [3.8, 4) is 0 Å². The zero-order valence-corrected chi connectivity index (χ0v) is 12.8. The molecule has 0 saturated heterocycles. The van der Waals surface area contributed by atoms with Crippen molar-refractivity contribution < 1.29 is 18.3 Å². The van der Waals surface area contributed by atoms with E-state index in [0.717, 1.165) is 19.3 Å². The zero-order valence-electron chi connectivity index (χ0n) is 11.9. The van der Waals surface area contributed by atoms with Gasteiger partial charge in [-0.25, -0.2) is 8.42 Å². The first-order chi connectivity index (χ1) is 9.95. The highest BCUT2D eigenvalue weighted by Gasteiger charge is 2.34. The number of nitrogens with one attached hydrogen (secondary N) is 1. The summed E-state index contributed by atoms with van der Waals surface area (Å²) in [5.74, 6) is -0.206. The Morgan fingerprint density at radius 2 is 1.95 bits per heavy atom. The topological polar surface area (TPSA) is 86.7 Å². The monoisotopic (exact) mass is 312 g/mol. The van der Waals surface area contributed by atoms with Gasteiger partial charge in [0, 0.05) is 25.2 Å². The highest BCUT2D eigenvalue weighted by Crippen LogP contribution is 2.30. The van der Waals surface area contributed by atoms with E-state index in [-0.39, 0.29) is 30.0 Å². The van der Waals surface area contributed by atoms with E-state index in [2.05, 4.69) is 5.32 Å². The lowest BCUT2D eigenvalue weighted by atomic mass is 9.93. The van der Waals surface area contributed by atoms with Gasteiger partial charge in [0.15, 0.2) is 0 Å². The third kappa shape index (κ3) is 3.61. The Bertz CT molecular complexity index is 594. The van der Waals surface area contributed by atoms with Gasteiger partial charge in [0.25, 0.3) is 0 Å². The van der Waals surface area contributed by atoms with Gasteiger partial charge in [-0.3, -0.25) is 4.79 Å². The molecule has 1 aliphatic carbocycles. The minimum atomic E-state index is -3.61. The summed E-state index contributed by atoms with van der Waals surface area (Å²) in [6.45, 7) is 1.31. The lowest BCUT2D eigenvalue weighted by molar-refractivity contribution is -0.114. The molecule has 0 bridgehead atoms. The maximum Gasteiger partial charge on any atom is 0.243 e. The summed E-state index contributed by atoms with van der Waals surface area (Å²) in [6, 6.07) is 6.06. The second-order valence-electron chi connectivity index (χ2n) is 5.13.